The normalized spacial score (nSPS) is 13.4. The quantitative estimate of drug-likeness (QED) is 0.337. The smallest absolute Gasteiger partial charge is 0.439 e. The number of thioether (sulfide) groups is 1. The highest BCUT2D eigenvalue weighted by Crippen LogP contribution is 2.37. The van der Waals surface area contributed by atoms with Gasteiger partial charge in [0.15, 0.2) is 5.12 Å². The predicted molar refractivity (Wildman–Crippen MR) is 122 cm³/mol. The summed E-state index contributed by atoms with van der Waals surface area (Å²) in [4.78, 5) is 17.7. The molecule has 1 heterocycles. The molecule has 0 aliphatic rings. The lowest BCUT2D eigenvalue weighted by Gasteiger charge is -2.22. The molecule has 3 aromatic rings. The Morgan fingerprint density at radius 3 is 2.15 bits per heavy atom. The zero-order chi connectivity index (χ0) is 24.0. The summed E-state index contributed by atoms with van der Waals surface area (Å²) in [5.41, 5.74) is 1.33. The number of hydrogen-bond donors (Lipinski definition) is 0. The van der Waals surface area contributed by atoms with Crippen molar-refractivity contribution in [1.82, 2.24) is 4.98 Å². The molecule has 4 nitrogen and oxygen atoms in total. The van der Waals surface area contributed by atoms with Crippen molar-refractivity contribution in [2.75, 3.05) is 0 Å². The molecule has 0 aliphatic heterocycles. The van der Waals surface area contributed by atoms with Gasteiger partial charge in [0.25, 0.3) is 0 Å². The van der Waals surface area contributed by atoms with Crippen LogP contribution >= 0.6 is 11.8 Å². The topological polar surface area (TPSA) is 48.4 Å². The lowest BCUT2D eigenvalue weighted by atomic mass is 9.89. The molecule has 0 aliphatic carbocycles. The number of ether oxygens (including phenoxy) is 2. The second-order valence-corrected chi connectivity index (χ2v) is 9.08. The van der Waals surface area contributed by atoms with E-state index in [0.717, 1.165) is 11.8 Å². The Kier molecular flexibility index (Phi) is 8.02. The maximum absolute atomic E-state index is 13.2. The van der Waals surface area contributed by atoms with Crippen LogP contribution in [0, 0.1) is 5.92 Å². The number of hydrogen-bond acceptors (Lipinski definition) is 5. The standard InChI is InChI=1S/C25H24F3NO3S/c1-16(2)23(18-12-14-20(15-13-18)32-25(26,27)28)24(30)33-17(3)21-10-7-11-22(29-21)31-19-8-5-4-6-9-19/h4-17,23H,1-3H3/t17-,23?/m0/s1. The van der Waals surface area contributed by atoms with E-state index < -0.39 is 12.3 Å². The van der Waals surface area contributed by atoms with E-state index in [2.05, 4.69) is 9.72 Å². The third-order valence-corrected chi connectivity index (χ3v) is 5.89. The van der Waals surface area contributed by atoms with Gasteiger partial charge >= 0.3 is 6.36 Å². The van der Waals surface area contributed by atoms with Crippen LogP contribution in [0.2, 0.25) is 0 Å². The number of halogens is 3. The Morgan fingerprint density at radius 2 is 1.55 bits per heavy atom. The van der Waals surface area contributed by atoms with Crippen LogP contribution in [0.3, 0.4) is 0 Å². The molecular formula is C25H24F3NO3S. The highest BCUT2D eigenvalue weighted by Gasteiger charge is 2.32. The first kappa shape index (κ1) is 24.6. The van der Waals surface area contributed by atoms with Crippen LogP contribution in [0.1, 0.15) is 43.2 Å². The van der Waals surface area contributed by atoms with Gasteiger partial charge in [0.05, 0.1) is 16.9 Å². The third-order valence-electron chi connectivity index (χ3n) is 4.81. The second kappa shape index (κ2) is 10.7. The molecule has 0 spiro atoms. The zero-order valence-corrected chi connectivity index (χ0v) is 19.2. The molecule has 0 radical (unpaired) electrons. The van der Waals surface area contributed by atoms with Gasteiger partial charge < -0.3 is 9.47 Å². The molecule has 0 bridgehead atoms. The first-order valence-corrected chi connectivity index (χ1v) is 11.3. The van der Waals surface area contributed by atoms with Crippen molar-refractivity contribution < 1.29 is 27.4 Å². The van der Waals surface area contributed by atoms with Crippen molar-refractivity contribution in [3.05, 3.63) is 84.1 Å². The van der Waals surface area contributed by atoms with Crippen LogP contribution in [-0.4, -0.2) is 16.5 Å². The molecular weight excluding hydrogens is 451 g/mol. The van der Waals surface area contributed by atoms with Gasteiger partial charge in [0.1, 0.15) is 11.5 Å². The van der Waals surface area contributed by atoms with E-state index >= 15 is 0 Å². The number of carbonyl (C=O) groups excluding carboxylic acids is 1. The van der Waals surface area contributed by atoms with Crippen LogP contribution in [0.25, 0.3) is 0 Å². The predicted octanol–water partition coefficient (Wildman–Crippen LogP) is 7.53. The fourth-order valence-corrected chi connectivity index (χ4v) is 4.46. The summed E-state index contributed by atoms with van der Waals surface area (Å²) in [6.45, 7) is 5.69. The Morgan fingerprint density at radius 1 is 0.879 bits per heavy atom. The molecule has 2 aromatic carbocycles. The Balaban J connectivity index is 1.71. The number of aromatic nitrogens is 1. The number of rotatable bonds is 8. The number of benzene rings is 2. The Labute approximate surface area is 195 Å². The van der Waals surface area contributed by atoms with Crippen molar-refractivity contribution in [2.24, 2.45) is 5.92 Å². The molecule has 8 heteroatoms. The number of alkyl halides is 3. The lowest BCUT2D eigenvalue weighted by molar-refractivity contribution is -0.274. The van der Waals surface area contributed by atoms with E-state index in [1.807, 2.05) is 63.2 Å². The van der Waals surface area contributed by atoms with Crippen molar-refractivity contribution in [3.8, 4) is 17.4 Å². The van der Waals surface area contributed by atoms with E-state index in [-0.39, 0.29) is 22.0 Å². The Hall–Kier alpha value is -3.00. The van der Waals surface area contributed by atoms with E-state index in [9.17, 15) is 18.0 Å². The summed E-state index contributed by atoms with van der Waals surface area (Å²) in [5.74, 6) is 0.241. The van der Waals surface area contributed by atoms with Gasteiger partial charge in [-0.15, -0.1) is 13.2 Å². The molecule has 2 atom stereocenters. The third kappa shape index (κ3) is 7.25. The molecule has 33 heavy (non-hydrogen) atoms. The highest BCUT2D eigenvalue weighted by atomic mass is 32.2. The molecule has 174 valence electrons. The SMILES string of the molecule is CC(C)C(C(=O)S[C@@H](C)c1cccc(Oc2ccccc2)n1)c1ccc(OC(F)(F)F)cc1. The van der Waals surface area contributed by atoms with E-state index in [1.54, 1.807) is 6.07 Å². The fourth-order valence-electron chi connectivity index (χ4n) is 3.30. The maximum atomic E-state index is 13.2. The average molecular weight is 476 g/mol. The van der Waals surface area contributed by atoms with Crippen LogP contribution in [0.4, 0.5) is 13.2 Å². The molecule has 1 unspecified atom stereocenters. The average Bonchev–Trinajstić information content (AvgIpc) is 2.75. The van der Waals surface area contributed by atoms with E-state index in [4.69, 9.17) is 4.74 Å². The van der Waals surface area contributed by atoms with Gasteiger partial charge in [-0.25, -0.2) is 4.98 Å². The summed E-state index contributed by atoms with van der Waals surface area (Å²) < 4.78 is 47.0. The minimum absolute atomic E-state index is 0.0488. The van der Waals surface area contributed by atoms with Crippen LogP contribution in [0.5, 0.6) is 17.4 Å². The van der Waals surface area contributed by atoms with Crippen molar-refractivity contribution >= 4 is 16.9 Å². The first-order valence-electron chi connectivity index (χ1n) is 10.4. The van der Waals surface area contributed by atoms with E-state index in [1.165, 1.54) is 24.3 Å². The minimum Gasteiger partial charge on any atom is -0.439 e. The van der Waals surface area contributed by atoms with Crippen molar-refractivity contribution in [2.45, 2.75) is 38.3 Å². The number of carbonyl (C=O) groups is 1. The summed E-state index contributed by atoms with van der Waals surface area (Å²) in [7, 11) is 0. The molecule has 0 saturated carbocycles. The number of nitrogens with zero attached hydrogens (tertiary/aromatic N) is 1. The van der Waals surface area contributed by atoms with Gasteiger partial charge in [0.2, 0.25) is 5.88 Å². The van der Waals surface area contributed by atoms with Crippen LogP contribution in [0.15, 0.2) is 72.8 Å². The van der Waals surface area contributed by atoms with Gasteiger partial charge in [0, 0.05) is 6.07 Å². The van der Waals surface area contributed by atoms with Crippen LogP contribution < -0.4 is 9.47 Å². The zero-order valence-electron chi connectivity index (χ0n) is 18.4. The van der Waals surface area contributed by atoms with Gasteiger partial charge in [-0.1, -0.05) is 62.0 Å². The Bertz CT molecular complexity index is 1060. The lowest BCUT2D eigenvalue weighted by Crippen LogP contribution is -2.18. The van der Waals surface area contributed by atoms with Gasteiger partial charge in [-0.2, -0.15) is 0 Å². The monoisotopic (exact) mass is 475 g/mol. The molecule has 1 aromatic heterocycles. The molecule has 0 fully saturated rings. The second-order valence-electron chi connectivity index (χ2n) is 7.73. The molecule has 0 N–H and O–H groups in total. The maximum Gasteiger partial charge on any atom is 0.573 e. The molecule has 0 saturated heterocycles. The summed E-state index contributed by atoms with van der Waals surface area (Å²) in [6, 6.07) is 20.1. The molecule has 0 amide bonds. The van der Waals surface area contributed by atoms with Crippen LogP contribution in [-0.2, 0) is 4.79 Å². The van der Waals surface area contributed by atoms with Crippen molar-refractivity contribution in [1.29, 1.82) is 0 Å². The van der Waals surface area contributed by atoms with E-state index in [0.29, 0.717) is 22.9 Å². The van der Waals surface area contributed by atoms with Gasteiger partial charge in [-0.3, -0.25) is 4.79 Å². The summed E-state index contributed by atoms with van der Waals surface area (Å²) in [6.07, 6.45) is -4.76. The fraction of sp³-hybridized carbons (Fsp3) is 0.280. The minimum atomic E-state index is -4.76. The number of pyridine rings is 1. The summed E-state index contributed by atoms with van der Waals surface area (Å²) >= 11 is 1.14. The number of para-hydroxylation sites is 1. The molecule has 3 rings (SSSR count). The van der Waals surface area contributed by atoms with Gasteiger partial charge in [-0.05, 0) is 48.7 Å². The first-order chi connectivity index (χ1) is 15.6. The summed E-state index contributed by atoms with van der Waals surface area (Å²) in [5, 5.41) is -0.330. The highest BCUT2D eigenvalue weighted by molar-refractivity contribution is 8.13. The van der Waals surface area contributed by atoms with Crippen molar-refractivity contribution in [3.63, 3.8) is 0 Å². The largest absolute Gasteiger partial charge is 0.573 e.